The summed E-state index contributed by atoms with van der Waals surface area (Å²) in [5.74, 6) is 1.51. The van der Waals surface area contributed by atoms with Crippen molar-refractivity contribution in [1.29, 1.82) is 0 Å². The summed E-state index contributed by atoms with van der Waals surface area (Å²) in [6.07, 6.45) is 0.888. The maximum atomic E-state index is 11.1. The molecule has 1 N–H and O–H groups in total. The molecule has 3 rings (SSSR count). The van der Waals surface area contributed by atoms with E-state index in [1.165, 1.54) is 0 Å². The molecule has 0 saturated carbocycles. The normalized spacial score (nSPS) is 14.4. The number of nitrogens with one attached hydrogen (secondary N) is 1. The van der Waals surface area contributed by atoms with E-state index < -0.39 is 0 Å². The Hall–Kier alpha value is -1.75. The molecule has 0 atom stereocenters. The lowest BCUT2D eigenvalue weighted by Gasteiger charge is -2.08. The Morgan fingerprint density at radius 2 is 2.00 bits per heavy atom. The molecule has 1 aromatic carbocycles. The Balaban J connectivity index is 2.02. The number of hydrogen-bond donors (Lipinski definition) is 1. The zero-order valence-corrected chi connectivity index (χ0v) is 9.88. The fourth-order valence-electron chi connectivity index (χ4n) is 1.75. The van der Waals surface area contributed by atoms with Crippen molar-refractivity contribution in [3.8, 4) is 22.8 Å². The Morgan fingerprint density at radius 1 is 1.18 bits per heavy atom. The second-order valence-electron chi connectivity index (χ2n) is 3.77. The van der Waals surface area contributed by atoms with E-state index in [-0.39, 0.29) is 4.87 Å². The third-order valence-electron chi connectivity index (χ3n) is 2.58. The van der Waals surface area contributed by atoms with Crippen LogP contribution < -0.4 is 14.3 Å². The molecule has 0 bridgehead atoms. The van der Waals surface area contributed by atoms with Crippen molar-refractivity contribution in [2.45, 2.75) is 6.42 Å². The molecule has 5 heteroatoms. The fraction of sp³-hybridized carbons (Fsp3) is 0.250. The average Bonchev–Trinajstić information content (AvgIpc) is 2.64. The molecule has 0 aliphatic carbocycles. The third kappa shape index (κ3) is 2.06. The summed E-state index contributed by atoms with van der Waals surface area (Å²) in [7, 11) is 0. The Bertz CT molecular complexity index is 587. The Morgan fingerprint density at radius 3 is 2.76 bits per heavy atom. The molecule has 1 aliphatic heterocycles. The van der Waals surface area contributed by atoms with Crippen LogP contribution in [0.4, 0.5) is 0 Å². The average molecular weight is 249 g/mol. The third-order valence-corrected chi connectivity index (χ3v) is 3.25. The summed E-state index contributed by atoms with van der Waals surface area (Å²) in [5.41, 5.74) is 1.75. The number of hydrogen-bond acceptors (Lipinski definition) is 4. The maximum Gasteiger partial charge on any atom is 0.304 e. The summed E-state index contributed by atoms with van der Waals surface area (Å²) in [6, 6.07) is 5.70. The Labute approximate surface area is 102 Å². The quantitative estimate of drug-likeness (QED) is 0.843. The lowest BCUT2D eigenvalue weighted by atomic mass is 10.1. The van der Waals surface area contributed by atoms with E-state index in [0.29, 0.717) is 13.2 Å². The molecule has 2 heterocycles. The van der Waals surface area contributed by atoms with E-state index in [4.69, 9.17) is 9.47 Å². The number of benzene rings is 1. The van der Waals surface area contributed by atoms with Gasteiger partial charge in [0, 0.05) is 17.4 Å². The standard InChI is InChI=1S/C12H11NO3S/c14-12-13-9(7-17-12)8-2-3-10-11(6-8)16-5-1-4-15-10/h2-3,6-7H,1,4-5H2,(H,13,14). The summed E-state index contributed by atoms with van der Waals surface area (Å²) in [6.45, 7) is 1.35. The van der Waals surface area contributed by atoms with E-state index >= 15 is 0 Å². The number of aromatic amines is 1. The molecule has 2 aromatic rings. The summed E-state index contributed by atoms with van der Waals surface area (Å²) in [4.78, 5) is 13.8. The van der Waals surface area contributed by atoms with Crippen molar-refractivity contribution in [2.75, 3.05) is 13.2 Å². The van der Waals surface area contributed by atoms with Gasteiger partial charge in [-0.2, -0.15) is 0 Å². The van der Waals surface area contributed by atoms with Crippen LogP contribution >= 0.6 is 11.3 Å². The molecule has 0 saturated heterocycles. The zero-order chi connectivity index (χ0) is 11.7. The second kappa shape index (κ2) is 4.25. The van der Waals surface area contributed by atoms with Crippen LogP contribution in [-0.2, 0) is 0 Å². The molecule has 1 aromatic heterocycles. The highest BCUT2D eigenvalue weighted by atomic mass is 32.1. The van der Waals surface area contributed by atoms with Crippen LogP contribution in [0.15, 0.2) is 28.4 Å². The molecule has 4 nitrogen and oxygen atoms in total. The number of H-pyrrole nitrogens is 1. The van der Waals surface area contributed by atoms with Crippen molar-refractivity contribution in [2.24, 2.45) is 0 Å². The predicted octanol–water partition coefficient (Wildman–Crippen LogP) is 2.26. The highest BCUT2D eigenvalue weighted by Crippen LogP contribution is 2.33. The zero-order valence-electron chi connectivity index (χ0n) is 9.06. The van der Waals surface area contributed by atoms with Gasteiger partial charge in [-0.15, -0.1) is 0 Å². The minimum absolute atomic E-state index is 0.0490. The molecular formula is C12H11NO3S. The van der Waals surface area contributed by atoms with Crippen LogP contribution in [0.2, 0.25) is 0 Å². The van der Waals surface area contributed by atoms with Crippen LogP contribution in [-0.4, -0.2) is 18.2 Å². The molecule has 1 aliphatic rings. The highest BCUT2D eigenvalue weighted by molar-refractivity contribution is 7.07. The van der Waals surface area contributed by atoms with Crippen molar-refractivity contribution < 1.29 is 9.47 Å². The summed E-state index contributed by atoms with van der Waals surface area (Å²) < 4.78 is 11.2. The maximum absolute atomic E-state index is 11.1. The first-order valence-corrected chi connectivity index (χ1v) is 6.29. The SMILES string of the molecule is O=c1[nH]c(-c2ccc3c(c2)OCCCO3)cs1. The van der Waals surface area contributed by atoms with Gasteiger partial charge in [0.25, 0.3) is 0 Å². The lowest BCUT2D eigenvalue weighted by Crippen LogP contribution is -1.97. The van der Waals surface area contributed by atoms with Crippen molar-refractivity contribution in [1.82, 2.24) is 4.98 Å². The molecule has 88 valence electrons. The van der Waals surface area contributed by atoms with Gasteiger partial charge in [0.1, 0.15) is 0 Å². The topological polar surface area (TPSA) is 51.3 Å². The van der Waals surface area contributed by atoms with Gasteiger partial charge in [-0.05, 0) is 18.2 Å². The number of ether oxygens (including phenoxy) is 2. The first-order valence-electron chi connectivity index (χ1n) is 5.41. The van der Waals surface area contributed by atoms with Crippen LogP contribution in [0, 0.1) is 0 Å². The largest absolute Gasteiger partial charge is 0.490 e. The van der Waals surface area contributed by atoms with Gasteiger partial charge in [-0.25, -0.2) is 0 Å². The molecule has 0 radical (unpaired) electrons. The van der Waals surface area contributed by atoms with Crippen LogP contribution in [0.1, 0.15) is 6.42 Å². The van der Waals surface area contributed by atoms with Gasteiger partial charge in [0.15, 0.2) is 11.5 Å². The van der Waals surface area contributed by atoms with Gasteiger partial charge in [-0.1, -0.05) is 11.3 Å². The van der Waals surface area contributed by atoms with Crippen LogP contribution in [0.5, 0.6) is 11.5 Å². The number of thiazole rings is 1. The van der Waals surface area contributed by atoms with Gasteiger partial charge in [0.2, 0.25) is 0 Å². The number of rotatable bonds is 1. The fourth-order valence-corrected chi connectivity index (χ4v) is 2.34. The van der Waals surface area contributed by atoms with Crippen molar-refractivity contribution >= 4 is 11.3 Å². The first-order chi connectivity index (χ1) is 8.33. The smallest absolute Gasteiger partial charge is 0.304 e. The van der Waals surface area contributed by atoms with Crippen LogP contribution in [0.25, 0.3) is 11.3 Å². The van der Waals surface area contributed by atoms with E-state index in [0.717, 1.165) is 40.5 Å². The second-order valence-corrected chi connectivity index (χ2v) is 4.62. The van der Waals surface area contributed by atoms with E-state index in [1.807, 2.05) is 23.6 Å². The summed E-state index contributed by atoms with van der Waals surface area (Å²) >= 11 is 1.16. The first kappa shape index (κ1) is 10.4. The minimum Gasteiger partial charge on any atom is -0.490 e. The van der Waals surface area contributed by atoms with E-state index in [1.54, 1.807) is 0 Å². The van der Waals surface area contributed by atoms with Crippen LogP contribution in [0.3, 0.4) is 0 Å². The van der Waals surface area contributed by atoms with Gasteiger partial charge < -0.3 is 14.5 Å². The molecule has 0 amide bonds. The Kier molecular flexibility index (Phi) is 2.60. The van der Waals surface area contributed by atoms with Crippen molar-refractivity contribution in [3.63, 3.8) is 0 Å². The summed E-state index contributed by atoms with van der Waals surface area (Å²) in [5, 5.41) is 1.81. The predicted molar refractivity (Wildman–Crippen MR) is 66.0 cm³/mol. The molecule has 17 heavy (non-hydrogen) atoms. The molecule has 0 fully saturated rings. The molecular weight excluding hydrogens is 238 g/mol. The number of aromatic nitrogens is 1. The van der Waals surface area contributed by atoms with Gasteiger partial charge in [-0.3, -0.25) is 4.79 Å². The van der Waals surface area contributed by atoms with E-state index in [2.05, 4.69) is 4.98 Å². The molecule has 0 unspecified atom stereocenters. The van der Waals surface area contributed by atoms with E-state index in [9.17, 15) is 4.79 Å². The van der Waals surface area contributed by atoms with Crippen molar-refractivity contribution in [3.05, 3.63) is 33.2 Å². The minimum atomic E-state index is -0.0490. The monoisotopic (exact) mass is 249 g/mol. The highest BCUT2D eigenvalue weighted by Gasteiger charge is 2.11. The number of fused-ring (bicyclic) bond motifs is 1. The van der Waals surface area contributed by atoms with Gasteiger partial charge in [0.05, 0.1) is 18.9 Å². The molecule has 0 spiro atoms. The van der Waals surface area contributed by atoms with Gasteiger partial charge >= 0.3 is 4.87 Å². The lowest BCUT2D eigenvalue weighted by molar-refractivity contribution is 0.297.